The molecule has 2 heterocycles. The first-order chi connectivity index (χ1) is 20.9. The number of aromatic nitrogens is 4. The molecule has 0 radical (unpaired) electrons. The summed E-state index contributed by atoms with van der Waals surface area (Å²) >= 11 is 0. The van der Waals surface area contributed by atoms with Crippen molar-refractivity contribution in [1.29, 1.82) is 0 Å². The number of nitrogens with one attached hydrogen (secondary N) is 2. The molecular formula is C34H38N6O4. The van der Waals surface area contributed by atoms with Gasteiger partial charge in [0.25, 0.3) is 0 Å². The van der Waals surface area contributed by atoms with Crippen molar-refractivity contribution >= 4 is 28.4 Å². The van der Waals surface area contributed by atoms with Crippen molar-refractivity contribution in [3.05, 3.63) is 84.3 Å². The summed E-state index contributed by atoms with van der Waals surface area (Å²) < 4.78 is 18.7. The summed E-state index contributed by atoms with van der Waals surface area (Å²) in [6, 6.07) is 20.3. The monoisotopic (exact) mass is 594 g/mol. The zero-order valence-corrected chi connectivity index (χ0v) is 26.4. The smallest absolute Gasteiger partial charge is 0.324 e. The van der Waals surface area contributed by atoms with Crippen LogP contribution >= 0.6 is 0 Å². The molecule has 0 bridgehead atoms. The Morgan fingerprint density at radius 2 is 1.50 bits per heavy atom. The fourth-order valence-corrected chi connectivity index (χ4v) is 4.60. The van der Waals surface area contributed by atoms with E-state index in [-0.39, 0.29) is 10.8 Å². The molecule has 0 spiro atoms. The minimum Gasteiger partial charge on any atom is -0.493 e. The van der Waals surface area contributed by atoms with Gasteiger partial charge in [0.05, 0.1) is 36.5 Å². The van der Waals surface area contributed by atoms with Gasteiger partial charge in [-0.3, -0.25) is 5.32 Å². The Balaban J connectivity index is 1.37. The summed E-state index contributed by atoms with van der Waals surface area (Å²) in [4.78, 5) is 21.9. The van der Waals surface area contributed by atoms with E-state index in [0.29, 0.717) is 45.5 Å². The van der Waals surface area contributed by atoms with Crippen LogP contribution < -0.4 is 24.8 Å². The Labute approximate surface area is 257 Å². The summed E-state index contributed by atoms with van der Waals surface area (Å²) in [5.74, 6) is 2.47. The van der Waals surface area contributed by atoms with E-state index in [0.717, 1.165) is 11.4 Å². The van der Waals surface area contributed by atoms with Crippen LogP contribution in [0, 0.1) is 0 Å². The second-order valence-corrected chi connectivity index (χ2v) is 12.5. The number of carbonyl (C=O) groups excluding carboxylic acids is 1. The molecule has 0 aliphatic carbocycles. The Hall–Kier alpha value is -5.12. The molecule has 44 heavy (non-hydrogen) atoms. The zero-order valence-electron chi connectivity index (χ0n) is 26.4. The van der Waals surface area contributed by atoms with E-state index in [1.165, 1.54) is 11.9 Å². The molecule has 0 fully saturated rings. The second-order valence-electron chi connectivity index (χ2n) is 12.5. The van der Waals surface area contributed by atoms with Gasteiger partial charge in [-0.2, -0.15) is 5.10 Å². The molecule has 0 aliphatic rings. The summed E-state index contributed by atoms with van der Waals surface area (Å²) in [5, 5.41) is 11.4. The number of hydrogen-bond donors (Lipinski definition) is 2. The lowest BCUT2D eigenvalue weighted by atomic mass is 9.87. The largest absolute Gasteiger partial charge is 0.493 e. The third-order valence-electron chi connectivity index (χ3n) is 7.11. The van der Waals surface area contributed by atoms with Crippen LogP contribution in [0.3, 0.4) is 0 Å². The molecule has 5 aromatic rings. The number of nitrogens with zero attached hydrogens (tertiary/aromatic N) is 4. The maximum absolute atomic E-state index is 13.2. The van der Waals surface area contributed by atoms with E-state index in [2.05, 4.69) is 74.3 Å². The molecule has 228 valence electrons. The van der Waals surface area contributed by atoms with Crippen molar-refractivity contribution in [2.24, 2.45) is 0 Å². The lowest BCUT2D eigenvalue weighted by molar-refractivity contribution is 0.262. The van der Waals surface area contributed by atoms with Crippen molar-refractivity contribution in [2.75, 3.05) is 24.9 Å². The first-order valence-corrected chi connectivity index (χ1v) is 14.3. The maximum Gasteiger partial charge on any atom is 0.324 e. The van der Waals surface area contributed by atoms with Crippen molar-refractivity contribution < 1.29 is 19.0 Å². The van der Waals surface area contributed by atoms with Gasteiger partial charge in [-0.05, 0) is 41.3 Å². The van der Waals surface area contributed by atoms with Crippen LogP contribution in [0.4, 0.5) is 16.3 Å². The van der Waals surface area contributed by atoms with Crippen LogP contribution in [0.2, 0.25) is 0 Å². The van der Waals surface area contributed by atoms with Gasteiger partial charge < -0.3 is 19.5 Å². The minimum absolute atomic E-state index is 0.0272. The second kappa shape index (κ2) is 11.9. The topological polar surface area (TPSA) is 112 Å². The average molecular weight is 595 g/mol. The lowest BCUT2D eigenvalue weighted by Crippen LogP contribution is -2.21. The number of rotatable bonds is 7. The summed E-state index contributed by atoms with van der Waals surface area (Å²) in [5.41, 5.74) is 3.91. The highest BCUT2D eigenvalue weighted by Crippen LogP contribution is 2.36. The number of amides is 2. The highest BCUT2D eigenvalue weighted by atomic mass is 16.5. The number of ether oxygens (including phenoxy) is 3. The van der Waals surface area contributed by atoms with Crippen LogP contribution in [0.25, 0.3) is 16.6 Å². The van der Waals surface area contributed by atoms with Gasteiger partial charge in [0, 0.05) is 29.3 Å². The molecule has 10 heteroatoms. The highest BCUT2D eigenvalue weighted by molar-refractivity contribution is 5.99. The van der Waals surface area contributed by atoms with Crippen LogP contribution in [0.1, 0.15) is 52.8 Å². The van der Waals surface area contributed by atoms with Crippen LogP contribution in [0.5, 0.6) is 23.1 Å². The molecule has 2 aromatic heterocycles. The SMILES string of the molecule is COc1cc2ncnc(Oc3cccc(NC(=O)Nc4cc(C(C)(C)C)nn4-c4ccc(C(C)(C)C)cc4)c3)c2cc1OC. The predicted octanol–water partition coefficient (Wildman–Crippen LogP) is 7.86. The van der Waals surface area contributed by atoms with E-state index >= 15 is 0 Å². The highest BCUT2D eigenvalue weighted by Gasteiger charge is 2.22. The molecule has 0 unspecified atom stereocenters. The first-order valence-electron chi connectivity index (χ1n) is 14.3. The van der Waals surface area contributed by atoms with E-state index in [4.69, 9.17) is 19.3 Å². The zero-order chi connectivity index (χ0) is 31.6. The van der Waals surface area contributed by atoms with Crippen molar-refractivity contribution in [1.82, 2.24) is 19.7 Å². The molecule has 10 nitrogen and oxygen atoms in total. The van der Waals surface area contributed by atoms with Crippen molar-refractivity contribution in [3.8, 4) is 28.8 Å². The third-order valence-corrected chi connectivity index (χ3v) is 7.11. The molecule has 2 amide bonds. The Bertz CT molecular complexity index is 1800. The number of anilines is 2. The lowest BCUT2D eigenvalue weighted by Gasteiger charge is -2.19. The standard InChI is InChI=1S/C34H38N6O4/c1-33(2,3)21-12-14-23(15-13-21)40-30(19-29(39-40)34(4,5)6)38-32(41)37-22-10-9-11-24(16-22)44-31-25-17-27(42-7)28(43-8)18-26(25)35-20-36-31/h9-20H,1-8H3,(H2,37,38,41). The minimum atomic E-state index is -0.417. The normalized spacial score (nSPS) is 11.7. The van der Waals surface area contributed by atoms with E-state index < -0.39 is 6.03 Å². The molecule has 2 N–H and O–H groups in total. The molecule has 3 aromatic carbocycles. The molecule has 0 saturated carbocycles. The first kappa shape index (κ1) is 30.3. The van der Waals surface area contributed by atoms with Crippen LogP contribution in [0.15, 0.2) is 73.1 Å². The van der Waals surface area contributed by atoms with E-state index in [1.807, 2.05) is 18.2 Å². The van der Waals surface area contributed by atoms with Crippen LogP contribution in [-0.2, 0) is 10.8 Å². The van der Waals surface area contributed by atoms with Gasteiger partial charge in [-0.25, -0.2) is 19.4 Å². The number of methoxy groups -OCH3 is 2. The fourth-order valence-electron chi connectivity index (χ4n) is 4.60. The van der Waals surface area contributed by atoms with E-state index in [9.17, 15) is 4.79 Å². The van der Waals surface area contributed by atoms with E-state index in [1.54, 1.807) is 55.3 Å². The fraction of sp³-hybridized carbons (Fsp3) is 0.294. The average Bonchev–Trinajstić information content (AvgIpc) is 3.40. The third kappa shape index (κ3) is 6.59. The maximum atomic E-state index is 13.2. The predicted molar refractivity (Wildman–Crippen MR) is 173 cm³/mol. The van der Waals surface area contributed by atoms with Crippen molar-refractivity contribution in [3.63, 3.8) is 0 Å². The number of hydrogen-bond acceptors (Lipinski definition) is 7. The molecule has 0 atom stereocenters. The summed E-state index contributed by atoms with van der Waals surface area (Å²) in [7, 11) is 3.13. The summed E-state index contributed by atoms with van der Waals surface area (Å²) in [6.07, 6.45) is 1.42. The van der Waals surface area contributed by atoms with Gasteiger partial charge in [0.15, 0.2) is 11.5 Å². The Morgan fingerprint density at radius 3 is 2.16 bits per heavy atom. The number of carbonyl (C=O) groups is 1. The Morgan fingerprint density at radius 1 is 0.795 bits per heavy atom. The number of fused-ring (bicyclic) bond motifs is 1. The quantitative estimate of drug-likeness (QED) is 0.197. The summed E-state index contributed by atoms with van der Waals surface area (Å²) in [6.45, 7) is 12.8. The molecule has 5 rings (SSSR count). The molecular weight excluding hydrogens is 556 g/mol. The molecule has 0 saturated heterocycles. The number of urea groups is 1. The van der Waals surface area contributed by atoms with Crippen molar-refractivity contribution in [2.45, 2.75) is 52.4 Å². The van der Waals surface area contributed by atoms with Gasteiger partial charge in [0.1, 0.15) is 17.9 Å². The Kier molecular flexibility index (Phi) is 8.19. The van der Waals surface area contributed by atoms with Gasteiger partial charge in [0.2, 0.25) is 5.88 Å². The van der Waals surface area contributed by atoms with Crippen LogP contribution in [-0.4, -0.2) is 40.0 Å². The van der Waals surface area contributed by atoms with Gasteiger partial charge in [-0.15, -0.1) is 0 Å². The number of benzene rings is 3. The molecule has 0 aliphatic heterocycles. The van der Waals surface area contributed by atoms with Gasteiger partial charge >= 0.3 is 6.03 Å². The van der Waals surface area contributed by atoms with Gasteiger partial charge in [-0.1, -0.05) is 59.7 Å².